The van der Waals surface area contributed by atoms with E-state index in [1.54, 1.807) is 24.3 Å². The summed E-state index contributed by atoms with van der Waals surface area (Å²) in [6, 6.07) is 8.26. The maximum Gasteiger partial charge on any atom is 0.197 e. The largest absolute Gasteiger partial charge is 0.444 e. The lowest BCUT2D eigenvalue weighted by atomic mass is 10.2. The molecule has 1 heterocycles. The van der Waals surface area contributed by atoms with Gasteiger partial charge in [-0.05, 0) is 23.7 Å². The first kappa shape index (κ1) is 7.37. The zero-order chi connectivity index (χ0) is 8.55. The Morgan fingerprint density at radius 2 is 2.00 bits per heavy atom. The fraction of sp³-hybridized carbons (Fsp3) is 0. The Morgan fingerprint density at radius 3 is 2.83 bits per heavy atom. The average Bonchev–Trinajstić information content (AvgIpc) is 2.04. The van der Waals surface area contributed by atoms with Crippen LogP contribution in [0.25, 0.3) is 11.0 Å². The average molecular weight is 181 g/mol. The Morgan fingerprint density at radius 1 is 1.25 bits per heavy atom. The first-order valence-electron chi connectivity index (χ1n) is 3.46. The monoisotopic (exact) mass is 180 g/mol. The summed E-state index contributed by atoms with van der Waals surface area (Å²) >= 11 is 5.56. The summed E-state index contributed by atoms with van der Waals surface area (Å²) in [5.41, 5.74) is 0.414. The molecular formula is C9H5ClO2. The zero-order valence-electron chi connectivity index (χ0n) is 6.08. The smallest absolute Gasteiger partial charge is 0.197 e. The van der Waals surface area contributed by atoms with Crippen molar-refractivity contribution in [1.82, 2.24) is 0 Å². The van der Waals surface area contributed by atoms with Gasteiger partial charge in [-0.2, -0.15) is 0 Å². The molecular weight excluding hydrogens is 176 g/mol. The Kier molecular flexibility index (Phi) is 1.62. The van der Waals surface area contributed by atoms with Crippen LogP contribution in [-0.2, 0) is 0 Å². The van der Waals surface area contributed by atoms with Crippen molar-refractivity contribution < 1.29 is 4.42 Å². The number of hydrogen-bond acceptors (Lipinski definition) is 2. The van der Waals surface area contributed by atoms with Crippen LogP contribution < -0.4 is 5.43 Å². The van der Waals surface area contributed by atoms with Gasteiger partial charge in [0.2, 0.25) is 0 Å². The molecule has 0 unspecified atom stereocenters. The molecule has 0 aliphatic heterocycles. The molecule has 3 heteroatoms. The lowest BCUT2D eigenvalue weighted by Crippen LogP contribution is -1.97. The maximum atomic E-state index is 11.3. The van der Waals surface area contributed by atoms with E-state index in [0.717, 1.165) is 0 Å². The van der Waals surface area contributed by atoms with Gasteiger partial charge in [0.15, 0.2) is 10.6 Å². The van der Waals surface area contributed by atoms with Crippen molar-refractivity contribution in [2.75, 3.05) is 0 Å². The summed E-state index contributed by atoms with van der Waals surface area (Å²) in [6.45, 7) is 0. The quantitative estimate of drug-likeness (QED) is 0.624. The summed E-state index contributed by atoms with van der Waals surface area (Å²) < 4.78 is 5.11. The van der Waals surface area contributed by atoms with Crippen LogP contribution in [0.4, 0.5) is 0 Å². The summed E-state index contributed by atoms with van der Waals surface area (Å²) in [5, 5.41) is 0.681. The number of rotatable bonds is 0. The van der Waals surface area contributed by atoms with E-state index in [2.05, 4.69) is 0 Å². The van der Waals surface area contributed by atoms with Gasteiger partial charge in [-0.15, -0.1) is 0 Å². The highest BCUT2D eigenvalue weighted by molar-refractivity contribution is 6.29. The second-order valence-electron chi connectivity index (χ2n) is 2.41. The molecule has 0 atom stereocenters. The highest BCUT2D eigenvalue weighted by Gasteiger charge is 2.00. The van der Waals surface area contributed by atoms with Crippen molar-refractivity contribution in [2.24, 2.45) is 0 Å². The molecule has 1 aromatic carbocycles. The van der Waals surface area contributed by atoms with Crippen LogP contribution in [0.3, 0.4) is 0 Å². The van der Waals surface area contributed by atoms with E-state index in [1.165, 1.54) is 6.07 Å². The Hall–Kier alpha value is -1.28. The van der Waals surface area contributed by atoms with Gasteiger partial charge < -0.3 is 4.42 Å². The molecule has 60 valence electrons. The molecule has 0 aliphatic rings. The first-order valence-corrected chi connectivity index (χ1v) is 3.83. The topological polar surface area (TPSA) is 30.2 Å². The highest BCUT2D eigenvalue weighted by atomic mass is 35.5. The minimum absolute atomic E-state index is 0.109. The molecule has 0 saturated carbocycles. The number of hydrogen-bond donors (Lipinski definition) is 0. The number of halogens is 1. The van der Waals surface area contributed by atoms with E-state index in [1.807, 2.05) is 0 Å². The van der Waals surface area contributed by atoms with Crippen LogP contribution in [0, 0.1) is 0 Å². The lowest BCUT2D eigenvalue weighted by molar-refractivity contribution is 0.605. The van der Waals surface area contributed by atoms with Crippen LogP contribution >= 0.6 is 11.6 Å². The van der Waals surface area contributed by atoms with Gasteiger partial charge in [0.1, 0.15) is 5.58 Å². The van der Waals surface area contributed by atoms with Gasteiger partial charge in [0.25, 0.3) is 0 Å². The van der Waals surface area contributed by atoms with E-state index in [4.69, 9.17) is 16.0 Å². The maximum absolute atomic E-state index is 11.3. The third-order valence-electron chi connectivity index (χ3n) is 1.60. The van der Waals surface area contributed by atoms with Gasteiger partial charge in [0.05, 0.1) is 5.39 Å². The van der Waals surface area contributed by atoms with Gasteiger partial charge in [-0.1, -0.05) is 12.1 Å². The van der Waals surface area contributed by atoms with Gasteiger partial charge in [-0.25, -0.2) is 0 Å². The van der Waals surface area contributed by atoms with E-state index in [0.29, 0.717) is 11.0 Å². The normalized spacial score (nSPS) is 10.4. The molecule has 0 aliphatic carbocycles. The van der Waals surface area contributed by atoms with Crippen molar-refractivity contribution in [3.8, 4) is 0 Å². The molecule has 12 heavy (non-hydrogen) atoms. The van der Waals surface area contributed by atoms with Crippen LogP contribution in [0.15, 0.2) is 39.5 Å². The number of para-hydroxylation sites is 1. The molecule has 0 spiro atoms. The van der Waals surface area contributed by atoms with Crippen LogP contribution in [-0.4, -0.2) is 0 Å². The molecule has 0 amide bonds. The van der Waals surface area contributed by atoms with E-state index in [9.17, 15) is 4.79 Å². The van der Waals surface area contributed by atoms with Gasteiger partial charge in [0, 0.05) is 6.07 Å². The van der Waals surface area contributed by atoms with E-state index in [-0.39, 0.29) is 10.6 Å². The standard InChI is InChI=1S/C9H5ClO2/c10-9-5-7(11)6-3-1-2-4-8(6)12-9/h1-5H. The van der Waals surface area contributed by atoms with Gasteiger partial charge in [-0.3, -0.25) is 4.79 Å². The highest BCUT2D eigenvalue weighted by Crippen LogP contribution is 2.14. The number of fused-ring (bicyclic) bond motifs is 1. The van der Waals surface area contributed by atoms with Crippen LogP contribution in [0.2, 0.25) is 5.22 Å². The molecule has 2 nitrogen and oxygen atoms in total. The zero-order valence-corrected chi connectivity index (χ0v) is 6.84. The fourth-order valence-corrected chi connectivity index (χ4v) is 1.26. The summed E-state index contributed by atoms with van der Waals surface area (Å²) in [6.07, 6.45) is 0. The summed E-state index contributed by atoms with van der Waals surface area (Å²) in [4.78, 5) is 11.3. The Balaban J connectivity index is 2.99. The predicted molar refractivity (Wildman–Crippen MR) is 47.5 cm³/mol. The number of benzene rings is 1. The second-order valence-corrected chi connectivity index (χ2v) is 2.78. The van der Waals surface area contributed by atoms with Crippen molar-refractivity contribution >= 4 is 22.6 Å². The lowest BCUT2D eigenvalue weighted by Gasteiger charge is -1.94. The minimum Gasteiger partial charge on any atom is -0.444 e. The Labute approximate surface area is 73.4 Å². The SMILES string of the molecule is O=c1cc(Cl)oc2ccccc12. The molecule has 2 aromatic rings. The molecule has 0 radical (unpaired) electrons. The molecule has 0 saturated heterocycles. The molecule has 0 fully saturated rings. The van der Waals surface area contributed by atoms with Crippen molar-refractivity contribution in [3.05, 3.63) is 45.8 Å². The van der Waals surface area contributed by atoms with E-state index < -0.39 is 0 Å². The third kappa shape index (κ3) is 1.10. The first-order chi connectivity index (χ1) is 5.77. The Bertz CT molecular complexity index is 473. The third-order valence-corrected chi connectivity index (χ3v) is 1.79. The van der Waals surface area contributed by atoms with Crippen LogP contribution in [0.5, 0.6) is 0 Å². The molecule has 1 aromatic heterocycles. The van der Waals surface area contributed by atoms with Crippen molar-refractivity contribution in [2.45, 2.75) is 0 Å². The van der Waals surface area contributed by atoms with Crippen molar-refractivity contribution in [1.29, 1.82) is 0 Å². The summed E-state index contributed by atoms with van der Waals surface area (Å²) in [7, 11) is 0. The van der Waals surface area contributed by atoms with Crippen LogP contribution in [0.1, 0.15) is 0 Å². The molecule has 2 rings (SSSR count). The molecule has 0 bridgehead atoms. The van der Waals surface area contributed by atoms with Gasteiger partial charge >= 0.3 is 0 Å². The minimum atomic E-state index is -0.109. The predicted octanol–water partition coefficient (Wildman–Crippen LogP) is 2.45. The fourth-order valence-electron chi connectivity index (χ4n) is 1.07. The van der Waals surface area contributed by atoms with E-state index >= 15 is 0 Å². The van der Waals surface area contributed by atoms with Crippen molar-refractivity contribution in [3.63, 3.8) is 0 Å². The molecule has 0 N–H and O–H groups in total. The summed E-state index contributed by atoms with van der Waals surface area (Å²) in [5.74, 6) is 0. The second kappa shape index (κ2) is 2.64.